The van der Waals surface area contributed by atoms with Gasteiger partial charge in [0.1, 0.15) is 25.3 Å². The number of carbonyl (C=O) groups is 4. The molecule has 0 fully saturated rings. The Hall–Kier alpha value is -2.08. The highest BCUT2D eigenvalue weighted by molar-refractivity contribution is 5.89. The van der Waals surface area contributed by atoms with Crippen molar-refractivity contribution in [2.24, 2.45) is 22.9 Å². The van der Waals surface area contributed by atoms with Crippen molar-refractivity contribution in [2.75, 3.05) is 26.3 Å². The second-order valence-corrected chi connectivity index (χ2v) is 3.73. The van der Waals surface area contributed by atoms with Crippen LogP contribution in [0.4, 0.5) is 0 Å². The molecule has 21 heavy (non-hydrogen) atoms. The molecule has 11 nitrogen and oxygen atoms in total. The average Bonchev–Trinajstić information content (AvgIpc) is 2.48. The first kappa shape index (κ1) is 18.9. The zero-order chi connectivity index (χ0) is 16.4. The third-order valence-electron chi connectivity index (χ3n) is 1.98. The van der Waals surface area contributed by atoms with Crippen molar-refractivity contribution in [3.63, 3.8) is 0 Å². The van der Waals surface area contributed by atoms with Gasteiger partial charge in [-0.3, -0.25) is 14.4 Å². The zero-order valence-electron chi connectivity index (χ0n) is 11.2. The standard InChI is InChI=1S/C10H18N4O7/c11-1-7(15)19-3-5(13)9(17)20-4-6(14)10(18)21-8(16)2-12/h5-6H,1-4,11-14H2/t5-,6-/m0/s1. The van der Waals surface area contributed by atoms with Crippen LogP contribution in [-0.2, 0) is 33.4 Å². The van der Waals surface area contributed by atoms with Crippen LogP contribution < -0.4 is 22.9 Å². The normalized spacial score (nSPS) is 13.0. The second kappa shape index (κ2) is 9.77. The van der Waals surface area contributed by atoms with Gasteiger partial charge in [-0.05, 0) is 0 Å². The molecule has 0 rings (SSSR count). The van der Waals surface area contributed by atoms with Crippen molar-refractivity contribution in [1.82, 2.24) is 0 Å². The molecule has 0 aliphatic heterocycles. The Labute approximate surface area is 119 Å². The van der Waals surface area contributed by atoms with E-state index in [2.05, 4.69) is 14.2 Å². The Bertz CT molecular complexity index is 401. The van der Waals surface area contributed by atoms with Gasteiger partial charge < -0.3 is 37.1 Å². The Morgan fingerprint density at radius 1 is 0.762 bits per heavy atom. The summed E-state index contributed by atoms with van der Waals surface area (Å²) in [6.07, 6.45) is 0. The number of nitrogens with two attached hydrogens (primary N) is 4. The molecule has 2 atom stereocenters. The quantitative estimate of drug-likeness (QED) is 0.192. The highest BCUT2D eigenvalue weighted by atomic mass is 16.6. The smallest absolute Gasteiger partial charge is 0.334 e. The van der Waals surface area contributed by atoms with Gasteiger partial charge in [0.05, 0.1) is 13.1 Å². The summed E-state index contributed by atoms with van der Waals surface area (Å²) in [6.45, 7) is -1.84. The van der Waals surface area contributed by atoms with Gasteiger partial charge in [0.15, 0.2) is 0 Å². The number of hydrogen-bond donors (Lipinski definition) is 4. The molecule has 0 heterocycles. The van der Waals surface area contributed by atoms with Gasteiger partial charge in [-0.15, -0.1) is 0 Å². The summed E-state index contributed by atoms with van der Waals surface area (Å²) in [5, 5.41) is 0. The first-order chi connectivity index (χ1) is 9.81. The van der Waals surface area contributed by atoms with E-state index in [4.69, 9.17) is 22.9 Å². The van der Waals surface area contributed by atoms with Crippen molar-refractivity contribution >= 4 is 23.9 Å². The van der Waals surface area contributed by atoms with Crippen molar-refractivity contribution in [3.8, 4) is 0 Å². The lowest BCUT2D eigenvalue weighted by Crippen LogP contribution is -2.43. The summed E-state index contributed by atoms with van der Waals surface area (Å²) in [6, 6.07) is -2.63. The molecule has 0 aromatic rings. The molecule has 8 N–H and O–H groups in total. The molecular formula is C10H18N4O7. The van der Waals surface area contributed by atoms with Gasteiger partial charge in [0.2, 0.25) is 0 Å². The van der Waals surface area contributed by atoms with E-state index in [1.165, 1.54) is 0 Å². The zero-order valence-corrected chi connectivity index (χ0v) is 11.2. The molecule has 0 bridgehead atoms. The molecule has 0 aliphatic rings. The fourth-order valence-corrected chi connectivity index (χ4v) is 0.886. The molecule has 0 spiro atoms. The molecule has 0 saturated heterocycles. The lowest BCUT2D eigenvalue weighted by atomic mass is 10.3. The van der Waals surface area contributed by atoms with Crippen LogP contribution in [0.3, 0.4) is 0 Å². The largest absolute Gasteiger partial charge is 0.462 e. The molecule has 0 radical (unpaired) electrons. The lowest BCUT2D eigenvalue weighted by Gasteiger charge is -2.14. The van der Waals surface area contributed by atoms with E-state index in [0.29, 0.717) is 0 Å². The van der Waals surface area contributed by atoms with Gasteiger partial charge in [0, 0.05) is 0 Å². The van der Waals surface area contributed by atoms with E-state index >= 15 is 0 Å². The second-order valence-electron chi connectivity index (χ2n) is 3.73. The number of hydrogen-bond acceptors (Lipinski definition) is 11. The molecule has 120 valence electrons. The maximum absolute atomic E-state index is 11.4. The van der Waals surface area contributed by atoms with Crippen molar-refractivity contribution < 1.29 is 33.4 Å². The summed E-state index contributed by atoms with van der Waals surface area (Å²) in [5.41, 5.74) is 20.6. The lowest BCUT2D eigenvalue weighted by molar-refractivity contribution is -0.161. The number of carbonyl (C=O) groups excluding carboxylic acids is 4. The fraction of sp³-hybridized carbons (Fsp3) is 0.600. The van der Waals surface area contributed by atoms with Crippen LogP contribution in [0.5, 0.6) is 0 Å². The van der Waals surface area contributed by atoms with Crippen molar-refractivity contribution in [3.05, 3.63) is 0 Å². The summed E-state index contributed by atoms with van der Waals surface area (Å²) < 4.78 is 13.4. The fourth-order valence-electron chi connectivity index (χ4n) is 0.886. The molecule has 0 saturated carbocycles. The first-order valence-corrected chi connectivity index (χ1v) is 5.79. The maximum Gasteiger partial charge on any atom is 0.334 e. The van der Waals surface area contributed by atoms with Crippen LogP contribution in [0.15, 0.2) is 0 Å². The molecule has 0 unspecified atom stereocenters. The highest BCUT2D eigenvalue weighted by Gasteiger charge is 2.23. The molecule has 0 amide bonds. The predicted molar refractivity (Wildman–Crippen MR) is 67.1 cm³/mol. The number of rotatable bonds is 8. The number of ether oxygens (including phenoxy) is 3. The highest BCUT2D eigenvalue weighted by Crippen LogP contribution is 1.93. The van der Waals surface area contributed by atoms with Crippen LogP contribution >= 0.6 is 0 Å². The van der Waals surface area contributed by atoms with Crippen LogP contribution in [0.1, 0.15) is 0 Å². The predicted octanol–water partition coefficient (Wildman–Crippen LogP) is -4.29. The van der Waals surface area contributed by atoms with E-state index in [1.54, 1.807) is 0 Å². The minimum absolute atomic E-state index is 0.354. The minimum Gasteiger partial charge on any atom is -0.462 e. The topological polar surface area (TPSA) is 200 Å². The van der Waals surface area contributed by atoms with E-state index in [-0.39, 0.29) is 6.54 Å². The summed E-state index contributed by atoms with van der Waals surface area (Å²) in [7, 11) is 0. The third-order valence-corrected chi connectivity index (χ3v) is 1.98. The van der Waals surface area contributed by atoms with Crippen LogP contribution in [0.2, 0.25) is 0 Å². The van der Waals surface area contributed by atoms with E-state index in [0.717, 1.165) is 0 Å². The van der Waals surface area contributed by atoms with Crippen LogP contribution in [0.25, 0.3) is 0 Å². The average molecular weight is 306 g/mol. The SMILES string of the molecule is NCC(=O)OC[C@H](N)C(=O)OC[C@H](N)C(=O)OC(=O)CN. The van der Waals surface area contributed by atoms with Crippen LogP contribution in [0, 0.1) is 0 Å². The molecular weight excluding hydrogens is 288 g/mol. The Balaban J connectivity index is 4.08. The Kier molecular flexibility index (Phi) is 8.80. The van der Waals surface area contributed by atoms with Crippen molar-refractivity contribution in [1.29, 1.82) is 0 Å². The molecule has 11 heteroatoms. The van der Waals surface area contributed by atoms with E-state index in [1.807, 2.05) is 0 Å². The first-order valence-electron chi connectivity index (χ1n) is 5.79. The Morgan fingerprint density at radius 2 is 1.24 bits per heavy atom. The molecule has 0 aliphatic carbocycles. The van der Waals surface area contributed by atoms with Gasteiger partial charge in [-0.1, -0.05) is 0 Å². The van der Waals surface area contributed by atoms with Crippen molar-refractivity contribution in [2.45, 2.75) is 12.1 Å². The maximum atomic E-state index is 11.4. The van der Waals surface area contributed by atoms with Gasteiger partial charge in [-0.2, -0.15) is 0 Å². The summed E-state index contributed by atoms with van der Waals surface area (Å²) >= 11 is 0. The van der Waals surface area contributed by atoms with E-state index < -0.39 is 55.7 Å². The Morgan fingerprint density at radius 3 is 1.76 bits per heavy atom. The van der Waals surface area contributed by atoms with Gasteiger partial charge in [-0.25, -0.2) is 4.79 Å². The van der Waals surface area contributed by atoms with Gasteiger partial charge in [0.25, 0.3) is 0 Å². The number of esters is 4. The summed E-state index contributed by atoms with van der Waals surface area (Å²) in [4.78, 5) is 44.1. The molecule has 0 aromatic carbocycles. The van der Waals surface area contributed by atoms with Gasteiger partial charge >= 0.3 is 23.9 Å². The monoisotopic (exact) mass is 306 g/mol. The van der Waals surface area contributed by atoms with Crippen LogP contribution in [-0.4, -0.2) is 62.3 Å². The third kappa shape index (κ3) is 7.94. The molecule has 0 aromatic heterocycles. The summed E-state index contributed by atoms with van der Waals surface area (Å²) in [5.74, 6) is -3.75. The van der Waals surface area contributed by atoms with E-state index in [9.17, 15) is 19.2 Å². The minimum atomic E-state index is -1.37.